The third-order valence-corrected chi connectivity index (χ3v) is 2.86. The molecule has 23 heavy (non-hydrogen) atoms. The predicted octanol–water partition coefficient (Wildman–Crippen LogP) is 1.60. The number of amides is 1. The molecule has 2 aromatic rings. The number of ether oxygens (including phenoxy) is 3. The SMILES string of the molecule is O=C(COC(=O)/C=C/c1ccc2c(c1)OCO2)Nc1ccon1. The molecule has 2 heterocycles. The van der Waals surface area contributed by atoms with Crippen molar-refractivity contribution in [2.75, 3.05) is 18.7 Å². The van der Waals surface area contributed by atoms with Gasteiger partial charge in [-0.3, -0.25) is 4.79 Å². The molecule has 8 heteroatoms. The zero-order valence-corrected chi connectivity index (χ0v) is 11.9. The summed E-state index contributed by atoms with van der Waals surface area (Å²) in [5.74, 6) is 0.380. The Morgan fingerprint density at radius 2 is 2.13 bits per heavy atom. The second-order valence-electron chi connectivity index (χ2n) is 4.49. The monoisotopic (exact) mass is 316 g/mol. The lowest BCUT2D eigenvalue weighted by Crippen LogP contribution is -2.20. The van der Waals surface area contributed by atoms with E-state index in [-0.39, 0.29) is 12.6 Å². The van der Waals surface area contributed by atoms with Gasteiger partial charge in [-0.1, -0.05) is 11.2 Å². The Bertz CT molecular complexity index is 738. The summed E-state index contributed by atoms with van der Waals surface area (Å²) in [6, 6.07) is 6.73. The quantitative estimate of drug-likeness (QED) is 0.660. The van der Waals surface area contributed by atoms with Crippen LogP contribution in [0.4, 0.5) is 5.82 Å². The first kappa shape index (κ1) is 14.6. The number of nitrogens with one attached hydrogen (secondary N) is 1. The minimum absolute atomic E-state index is 0.186. The first-order valence-corrected chi connectivity index (χ1v) is 6.65. The van der Waals surface area contributed by atoms with Gasteiger partial charge in [-0.05, 0) is 23.8 Å². The summed E-state index contributed by atoms with van der Waals surface area (Å²) >= 11 is 0. The van der Waals surface area contributed by atoms with Crippen LogP contribution in [0.25, 0.3) is 6.08 Å². The molecule has 0 saturated carbocycles. The number of hydrogen-bond acceptors (Lipinski definition) is 7. The van der Waals surface area contributed by atoms with Gasteiger partial charge in [0.15, 0.2) is 23.9 Å². The number of carbonyl (C=O) groups excluding carboxylic acids is 2. The molecule has 1 aromatic carbocycles. The number of anilines is 1. The minimum Gasteiger partial charge on any atom is -0.454 e. The van der Waals surface area contributed by atoms with E-state index in [1.807, 2.05) is 0 Å². The number of fused-ring (bicyclic) bond motifs is 1. The molecule has 0 saturated heterocycles. The summed E-state index contributed by atoms with van der Waals surface area (Å²) < 4.78 is 19.8. The van der Waals surface area contributed by atoms with Gasteiger partial charge in [0.1, 0.15) is 6.26 Å². The average Bonchev–Trinajstić information content (AvgIpc) is 3.21. The van der Waals surface area contributed by atoms with E-state index >= 15 is 0 Å². The Balaban J connectivity index is 1.48. The number of hydrogen-bond donors (Lipinski definition) is 1. The van der Waals surface area contributed by atoms with Crippen LogP contribution in [-0.2, 0) is 14.3 Å². The van der Waals surface area contributed by atoms with E-state index < -0.39 is 18.5 Å². The first-order valence-electron chi connectivity index (χ1n) is 6.65. The smallest absolute Gasteiger partial charge is 0.331 e. The second-order valence-corrected chi connectivity index (χ2v) is 4.49. The van der Waals surface area contributed by atoms with Crippen LogP contribution >= 0.6 is 0 Å². The van der Waals surface area contributed by atoms with Gasteiger partial charge in [-0.15, -0.1) is 0 Å². The van der Waals surface area contributed by atoms with E-state index in [1.165, 1.54) is 18.4 Å². The molecule has 3 rings (SSSR count). The fourth-order valence-electron chi connectivity index (χ4n) is 1.82. The molecule has 0 fully saturated rings. The average molecular weight is 316 g/mol. The molecule has 1 aliphatic rings. The fraction of sp³-hybridized carbons (Fsp3) is 0.133. The molecular weight excluding hydrogens is 304 g/mol. The van der Waals surface area contributed by atoms with Crippen molar-refractivity contribution in [1.82, 2.24) is 5.16 Å². The lowest BCUT2D eigenvalue weighted by molar-refractivity contribution is -0.142. The number of carbonyl (C=O) groups is 2. The molecule has 1 aliphatic heterocycles. The lowest BCUT2D eigenvalue weighted by atomic mass is 10.2. The summed E-state index contributed by atoms with van der Waals surface area (Å²) in [6.07, 6.45) is 4.09. The van der Waals surface area contributed by atoms with Crippen LogP contribution in [0.3, 0.4) is 0 Å². The number of benzene rings is 1. The molecule has 0 bridgehead atoms. The summed E-state index contributed by atoms with van der Waals surface area (Å²) in [4.78, 5) is 23.1. The Morgan fingerprint density at radius 1 is 1.26 bits per heavy atom. The highest BCUT2D eigenvalue weighted by molar-refractivity contribution is 5.94. The molecule has 0 unspecified atom stereocenters. The molecule has 8 nitrogen and oxygen atoms in total. The summed E-state index contributed by atoms with van der Waals surface area (Å²) in [5.41, 5.74) is 0.748. The molecule has 0 radical (unpaired) electrons. The molecule has 118 valence electrons. The van der Waals surface area contributed by atoms with E-state index in [2.05, 4.69) is 15.0 Å². The van der Waals surface area contributed by atoms with E-state index in [4.69, 9.17) is 14.2 Å². The summed E-state index contributed by atoms with van der Waals surface area (Å²) in [7, 11) is 0. The Kier molecular flexibility index (Phi) is 4.23. The van der Waals surface area contributed by atoms with Crippen molar-refractivity contribution in [1.29, 1.82) is 0 Å². The zero-order chi connectivity index (χ0) is 16.1. The molecule has 0 aliphatic carbocycles. The molecule has 1 aromatic heterocycles. The van der Waals surface area contributed by atoms with Gasteiger partial charge < -0.3 is 24.1 Å². The van der Waals surface area contributed by atoms with Gasteiger partial charge in [0.05, 0.1) is 0 Å². The van der Waals surface area contributed by atoms with Crippen LogP contribution in [0.5, 0.6) is 11.5 Å². The lowest BCUT2D eigenvalue weighted by Gasteiger charge is -2.02. The molecule has 1 N–H and O–H groups in total. The Morgan fingerprint density at radius 3 is 2.96 bits per heavy atom. The Labute approximate surface area is 130 Å². The van der Waals surface area contributed by atoms with Crippen molar-refractivity contribution in [3.05, 3.63) is 42.2 Å². The van der Waals surface area contributed by atoms with Crippen molar-refractivity contribution < 1.29 is 28.3 Å². The third kappa shape index (κ3) is 3.88. The van der Waals surface area contributed by atoms with Gasteiger partial charge in [0, 0.05) is 12.1 Å². The standard InChI is InChI=1S/C15H12N2O6/c18-14(16-13-5-6-23-17-13)8-20-15(19)4-2-10-1-3-11-12(7-10)22-9-21-11/h1-7H,8-9H2,(H,16,17,18)/b4-2+. The van der Waals surface area contributed by atoms with Gasteiger partial charge in [-0.2, -0.15) is 0 Å². The van der Waals surface area contributed by atoms with Gasteiger partial charge >= 0.3 is 5.97 Å². The second kappa shape index (κ2) is 6.65. The topological polar surface area (TPSA) is 99.9 Å². The summed E-state index contributed by atoms with van der Waals surface area (Å²) in [5, 5.41) is 5.91. The van der Waals surface area contributed by atoms with Crippen LogP contribution in [-0.4, -0.2) is 30.4 Å². The van der Waals surface area contributed by atoms with Gasteiger partial charge in [-0.25, -0.2) is 4.79 Å². The molecule has 0 spiro atoms. The van der Waals surface area contributed by atoms with Crippen molar-refractivity contribution in [3.63, 3.8) is 0 Å². The minimum atomic E-state index is -0.641. The predicted molar refractivity (Wildman–Crippen MR) is 77.7 cm³/mol. The maximum atomic E-state index is 11.6. The first-order chi connectivity index (χ1) is 11.2. The van der Waals surface area contributed by atoms with E-state index in [9.17, 15) is 9.59 Å². The number of aromatic nitrogens is 1. The number of rotatable bonds is 5. The maximum Gasteiger partial charge on any atom is 0.331 e. The van der Waals surface area contributed by atoms with Gasteiger partial charge in [0.2, 0.25) is 6.79 Å². The highest BCUT2D eigenvalue weighted by atomic mass is 16.7. The van der Waals surface area contributed by atoms with Gasteiger partial charge in [0.25, 0.3) is 5.91 Å². The van der Waals surface area contributed by atoms with Crippen molar-refractivity contribution >= 4 is 23.8 Å². The molecular formula is C15H12N2O6. The number of esters is 1. The Hall–Kier alpha value is -3.29. The van der Waals surface area contributed by atoms with E-state index in [0.717, 1.165) is 5.56 Å². The van der Waals surface area contributed by atoms with Crippen molar-refractivity contribution in [2.24, 2.45) is 0 Å². The van der Waals surface area contributed by atoms with Crippen molar-refractivity contribution in [2.45, 2.75) is 0 Å². The highest BCUT2D eigenvalue weighted by Gasteiger charge is 2.12. The third-order valence-electron chi connectivity index (χ3n) is 2.86. The van der Waals surface area contributed by atoms with Crippen LogP contribution in [0.2, 0.25) is 0 Å². The highest BCUT2D eigenvalue weighted by Crippen LogP contribution is 2.32. The summed E-state index contributed by atoms with van der Waals surface area (Å²) in [6.45, 7) is -0.234. The van der Waals surface area contributed by atoms with Crippen LogP contribution in [0.1, 0.15) is 5.56 Å². The normalized spacial score (nSPS) is 12.3. The maximum absolute atomic E-state index is 11.6. The van der Waals surface area contributed by atoms with E-state index in [0.29, 0.717) is 11.5 Å². The van der Waals surface area contributed by atoms with Crippen LogP contribution < -0.4 is 14.8 Å². The zero-order valence-electron chi connectivity index (χ0n) is 11.9. The van der Waals surface area contributed by atoms with Crippen LogP contribution in [0.15, 0.2) is 41.1 Å². The van der Waals surface area contributed by atoms with Crippen molar-refractivity contribution in [3.8, 4) is 11.5 Å². The van der Waals surface area contributed by atoms with Crippen LogP contribution in [0, 0.1) is 0 Å². The molecule has 0 atom stereocenters. The largest absolute Gasteiger partial charge is 0.454 e. The number of nitrogens with zero attached hydrogens (tertiary/aromatic N) is 1. The molecule has 1 amide bonds. The fourth-order valence-corrected chi connectivity index (χ4v) is 1.82. The van der Waals surface area contributed by atoms with E-state index in [1.54, 1.807) is 24.3 Å².